The van der Waals surface area contributed by atoms with Crippen LogP contribution in [0.15, 0.2) is 5.10 Å². The highest BCUT2D eigenvalue weighted by Crippen LogP contribution is 1.81. The SMILES string of the molecule is CCC1=NNC(=S)NN1. The molecule has 0 saturated carbocycles. The van der Waals surface area contributed by atoms with E-state index >= 15 is 0 Å². The summed E-state index contributed by atoms with van der Waals surface area (Å²) in [7, 11) is 0. The molecule has 1 aliphatic heterocycles. The van der Waals surface area contributed by atoms with E-state index in [9.17, 15) is 0 Å². The Morgan fingerprint density at radius 2 is 2.33 bits per heavy atom. The van der Waals surface area contributed by atoms with Gasteiger partial charge in [0.1, 0.15) is 5.84 Å². The summed E-state index contributed by atoms with van der Waals surface area (Å²) >= 11 is 4.71. The average molecular weight is 144 g/mol. The van der Waals surface area contributed by atoms with E-state index in [1.165, 1.54) is 0 Å². The number of thiocarbonyl (C=S) groups is 1. The van der Waals surface area contributed by atoms with Gasteiger partial charge in [-0.1, -0.05) is 6.92 Å². The monoisotopic (exact) mass is 144 g/mol. The summed E-state index contributed by atoms with van der Waals surface area (Å²) in [4.78, 5) is 0. The Kier molecular flexibility index (Phi) is 1.84. The lowest BCUT2D eigenvalue weighted by Gasteiger charge is -2.16. The predicted octanol–water partition coefficient (Wildman–Crippen LogP) is -0.308. The maximum absolute atomic E-state index is 4.71. The summed E-state index contributed by atoms with van der Waals surface area (Å²) in [5.74, 6) is 0.864. The Morgan fingerprint density at radius 1 is 1.56 bits per heavy atom. The van der Waals surface area contributed by atoms with E-state index in [-0.39, 0.29) is 0 Å². The van der Waals surface area contributed by atoms with E-state index in [2.05, 4.69) is 21.4 Å². The first kappa shape index (κ1) is 6.28. The molecule has 1 rings (SSSR count). The number of rotatable bonds is 1. The van der Waals surface area contributed by atoms with Crippen molar-refractivity contribution in [3.8, 4) is 0 Å². The third-order valence-electron chi connectivity index (χ3n) is 0.948. The molecule has 50 valence electrons. The van der Waals surface area contributed by atoms with Gasteiger partial charge in [0, 0.05) is 6.42 Å². The molecule has 1 aliphatic rings. The Bertz CT molecular complexity index is 153. The minimum atomic E-state index is 0.507. The zero-order valence-corrected chi connectivity index (χ0v) is 5.88. The highest BCUT2D eigenvalue weighted by Gasteiger charge is 2.01. The second-order valence-electron chi connectivity index (χ2n) is 1.60. The topological polar surface area (TPSA) is 48.5 Å². The summed E-state index contributed by atoms with van der Waals surface area (Å²) < 4.78 is 0. The van der Waals surface area contributed by atoms with Crippen LogP contribution in [0.5, 0.6) is 0 Å². The second-order valence-corrected chi connectivity index (χ2v) is 2.01. The molecule has 4 nitrogen and oxygen atoms in total. The fraction of sp³-hybridized carbons (Fsp3) is 0.500. The smallest absolute Gasteiger partial charge is 0.205 e. The third kappa shape index (κ3) is 1.53. The molecule has 0 aromatic carbocycles. The van der Waals surface area contributed by atoms with E-state index in [1.54, 1.807) is 0 Å². The summed E-state index contributed by atoms with van der Waals surface area (Å²) in [5.41, 5.74) is 8.17. The van der Waals surface area contributed by atoms with Crippen molar-refractivity contribution < 1.29 is 0 Å². The molecule has 1 heterocycles. The summed E-state index contributed by atoms with van der Waals surface area (Å²) in [6.07, 6.45) is 0.864. The van der Waals surface area contributed by atoms with Crippen LogP contribution in [0, 0.1) is 0 Å². The van der Waals surface area contributed by atoms with Crippen LogP contribution in [0.4, 0.5) is 0 Å². The Hall–Kier alpha value is -0.840. The number of hydrazine groups is 1. The van der Waals surface area contributed by atoms with Crippen molar-refractivity contribution in [2.45, 2.75) is 13.3 Å². The van der Waals surface area contributed by atoms with Gasteiger partial charge in [-0.25, -0.2) is 0 Å². The number of nitrogens with one attached hydrogen (secondary N) is 3. The average Bonchev–Trinajstić information content (AvgIpc) is 1.90. The first-order valence-electron chi connectivity index (χ1n) is 2.71. The van der Waals surface area contributed by atoms with E-state index in [4.69, 9.17) is 12.2 Å². The molecular formula is C4H8N4S. The van der Waals surface area contributed by atoms with Crippen LogP contribution < -0.4 is 16.3 Å². The third-order valence-corrected chi connectivity index (χ3v) is 1.14. The molecule has 0 fully saturated rings. The molecule has 0 spiro atoms. The van der Waals surface area contributed by atoms with Crippen molar-refractivity contribution in [2.75, 3.05) is 0 Å². The Morgan fingerprint density at radius 3 is 2.78 bits per heavy atom. The van der Waals surface area contributed by atoms with Crippen molar-refractivity contribution >= 4 is 23.2 Å². The molecule has 3 N–H and O–H groups in total. The number of hydrazone groups is 1. The van der Waals surface area contributed by atoms with Gasteiger partial charge in [-0.15, -0.1) is 0 Å². The van der Waals surface area contributed by atoms with E-state index in [0.717, 1.165) is 12.3 Å². The number of hydrogen-bond donors (Lipinski definition) is 3. The molecule has 5 heteroatoms. The fourth-order valence-electron chi connectivity index (χ4n) is 0.471. The molecule has 0 saturated heterocycles. The van der Waals surface area contributed by atoms with Crippen LogP contribution in [0.1, 0.15) is 13.3 Å². The first-order chi connectivity index (χ1) is 4.33. The van der Waals surface area contributed by atoms with Gasteiger partial charge < -0.3 is 0 Å². The van der Waals surface area contributed by atoms with Crippen molar-refractivity contribution in [2.24, 2.45) is 5.10 Å². The summed E-state index contributed by atoms with van der Waals surface area (Å²) in [5, 5.41) is 4.39. The van der Waals surface area contributed by atoms with Gasteiger partial charge in [0.25, 0.3) is 0 Å². The number of nitrogens with zero attached hydrogens (tertiary/aromatic N) is 1. The zero-order chi connectivity index (χ0) is 6.69. The molecule has 0 unspecified atom stereocenters. The van der Waals surface area contributed by atoms with Crippen LogP contribution in [0.25, 0.3) is 0 Å². The first-order valence-corrected chi connectivity index (χ1v) is 3.12. The van der Waals surface area contributed by atoms with Gasteiger partial charge in [0.15, 0.2) is 0 Å². The Labute approximate surface area is 58.7 Å². The number of amidine groups is 1. The van der Waals surface area contributed by atoms with Crippen molar-refractivity contribution in [1.82, 2.24) is 16.3 Å². The summed E-state index contributed by atoms with van der Waals surface area (Å²) in [6.45, 7) is 2.00. The molecule has 0 aromatic heterocycles. The standard InChI is InChI=1S/C4H8N4S/c1-2-3-5-7-4(9)8-6-3/h2H2,1H3,(H,5,6)(H2,7,8,9). The molecule has 0 bridgehead atoms. The number of hydrogen-bond acceptors (Lipinski definition) is 3. The van der Waals surface area contributed by atoms with Crippen molar-refractivity contribution in [3.05, 3.63) is 0 Å². The molecule has 9 heavy (non-hydrogen) atoms. The maximum atomic E-state index is 4.71. The van der Waals surface area contributed by atoms with Gasteiger partial charge >= 0.3 is 0 Å². The van der Waals surface area contributed by atoms with Crippen molar-refractivity contribution in [3.63, 3.8) is 0 Å². The van der Waals surface area contributed by atoms with Crippen LogP contribution in [0.3, 0.4) is 0 Å². The highest BCUT2D eigenvalue weighted by atomic mass is 32.1. The molecule has 0 aliphatic carbocycles. The van der Waals surface area contributed by atoms with Crippen LogP contribution >= 0.6 is 12.2 Å². The lowest BCUT2D eigenvalue weighted by Crippen LogP contribution is -2.50. The van der Waals surface area contributed by atoms with Gasteiger partial charge in [-0.3, -0.25) is 16.3 Å². The van der Waals surface area contributed by atoms with Gasteiger partial charge in [-0.05, 0) is 12.2 Å². The summed E-state index contributed by atoms with van der Waals surface area (Å²) in [6, 6.07) is 0. The highest BCUT2D eigenvalue weighted by molar-refractivity contribution is 7.80. The minimum absolute atomic E-state index is 0.507. The maximum Gasteiger partial charge on any atom is 0.205 e. The largest absolute Gasteiger partial charge is 0.284 e. The molecule has 0 amide bonds. The lowest BCUT2D eigenvalue weighted by atomic mass is 10.4. The molecular weight excluding hydrogens is 136 g/mol. The second kappa shape index (κ2) is 2.63. The van der Waals surface area contributed by atoms with E-state index in [1.807, 2.05) is 6.92 Å². The predicted molar refractivity (Wildman–Crippen MR) is 39.7 cm³/mol. The van der Waals surface area contributed by atoms with E-state index in [0.29, 0.717) is 5.11 Å². The van der Waals surface area contributed by atoms with Gasteiger partial charge in [0.2, 0.25) is 5.11 Å². The van der Waals surface area contributed by atoms with E-state index < -0.39 is 0 Å². The molecule has 0 aromatic rings. The van der Waals surface area contributed by atoms with Gasteiger partial charge in [-0.2, -0.15) is 5.10 Å². The quantitative estimate of drug-likeness (QED) is 0.442. The normalized spacial score (nSPS) is 17.0. The Balaban J connectivity index is 2.50. The van der Waals surface area contributed by atoms with Crippen LogP contribution in [-0.2, 0) is 0 Å². The van der Waals surface area contributed by atoms with Crippen LogP contribution in [0.2, 0.25) is 0 Å². The minimum Gasteiger partial charge on any atom is -0.284 e. The molecule has 0 radical (unpaired) electrons. The zero-order valence-electron chi connectivity index (χ0n) is 5.06. The molecule has 0 atom stereocenters. The lowest BCUT2D eigenvalue weighted by molar-refractivity contribution is 0.757. The fourth-order valence-corrected chi connectivity index (χ4v) is 0.567. The van der Waals surface area contributed by atoms with Crippen molar-refractivity contribution in [1.29, 1.82) is 0 Å². The van der Waals surface area contributed by atoms with Crippen LogP contribution in [-0.4, -0.2) is 10.9 Å². The van der Waals surface area contributed by atoms with Gasteiger partial charge in [0.05, 0.1) is 0 Å².